The molecule has 13 heavy (non-hydrogen) atoms. The van der Waals surface area contributed by atoms with Crippen molar-refractivity contribution in [3.05, 3.63) is 16.1 Å². The Bertz CT molecular complexity index is 247. The number of hydrogen-bond acceptors (Lipinski definition) is 4. The van der Waals surface area contributed by atoms with Gasteiger partial charge in [0.15, 0.2) is 0 Å². The molecule has 0 radical (unpaired) electrons. The van der Waals surface area contributed by atoms with Crippen LogP contribution in [-0.2, 0) is 0 Å². The predicted molar refractivity (Wildman–Crippen MR) is 56.4 cm³/mol. The predicted octanol–water partition coefficient (Wildman–Crippen LogP) is 2.15. The van der Waals surface area contributed by atoms with Crippen LogP contribution < -0.4 is 11.3 Å². The molecule has 1 aromatic heterocycles. The van der Waals surface area contributed by atoms with Crippen molar-refractivity contribution in [3.63, 3.8) is 0 Å². The van der Waals surface area contributed by atoms with Crippen molar-refractivity contribution in [1.29, 1.82) is 0 Å². The van der Waals surface area contributed by atoms with E-state index < -0.39 is 0 Å². The minimum Gasteiger partial charge on any atom is -0.271 e. The Hall–Kier alpha value is -0.450. The topological polar surface area (TPSA) is 50.9 Å². The lowest BCUT2D eigenvalue weighted by atomic mass is 10.1. The molecule has 0 aliphatic carbocycles. The maximum atomic E-state index is 5.48. The molecule has 1 rings (SSSR count). The first-order valence-corrected chi connectivity index (χ1v) is 5.48. The average molecular weight is 199 g/mol. The van der Waals surface area contributed by atoms with Crippen LogP contribution in [0.15, 0.2) is 6.20 Å². The molecule has 1 aromatic rings. The maximum absolute atomic E-state index is 5.48. The largest absolute Gasteiger partial charge is 0.271 e. The molecule has 0 amide bonds. The van der Waals surface area contributed by atoms with Crippen LogP contribution >= 0.6 is 11.3 Å². The Morgan fingerprint density at radius 1 is 1.69 bits per heavy atom. The first-order chi connectivity index (χ1) is 6.27. The van der Waals surface area contributed by atoms with Crippen molar-refractivity contribution in [3.8, 4) is 0 Å². The SMILES string of the molecule is CCCCC(NN)c1cnc(C)s1. The Balaban J connectivity index is 2.56. The lowest BCUT2D eigenvalue weighted by Crippen LogP contribution is -2.27. The van der Waals surface area contributed by atoms with Gasteiger partial charge in [-0.15, -0.1) is 11.3 Å². The Kier molecular flexibility index (Phi) is 4.35. The average Bonchev–Trinajstić information content (AvgIpc) is 2.54. The molecule has 3 N–H and O–H groups in total. The van der Waals surface area contributed by atoms with E-state index in [1.807, 2.05) is 13.1 Å². The summed E-state index contributed by atoms with van der Waals surface area (Å²) in [6, 6.07) is 0.283. The molecular weight excluding hydrogens is 182 g/mol. The van der Waals surface area contributed by atoms with Gasteiger partial charge in [-0.3, -0.25) is 11.3 Å². The number of unbranched alkanes of at least 4 members (excludes halogenated alkanes) is 1. The van der Waals surface area contributed by atoms with Crippen LogP contribution in [0.2, 0.25) is 0 Å². The monoisotopic (exact) mass is 199 g/mol. The van der Waals surface area contributed by atoms with Crippen molar-refractivity contribution >= 4 is 11.3 Å². The molecule has 0 aliphatic rings. The second-order valence-electron chi connectivity index (χ2n) is 3.14. The van der Waals surface area contributed by atoms with Crippen LogP contribution in [0.1, 0.15) is 42.1 Å². The van der Waals surface area contributed by atoms with Gasteiger partial charge in [-0.2, -0.15) is 0 Å². The van der Waals surface area contributed by atoms with Gasteiger partial charge in [0, 0.05) is 11.1 Å². The third-order valence-corrected chi connectivity index (χ3v) is 3.06. The van der Waals surface area contributed by atoms with Gasteiger partial charge in [-0.1, -0.05) is 19.8 Å². The van der Waals surface area contributed by atoms with E-state index in [9.17, 15) is 0 Å². The van der Waals surface area contributed by atoms with Crippen molar-refractivity contribution in [2.45, 2.75) is 39.2 Å². The van der Waals surface area contributed by atoms with Crippen LogP contribution in [0, 0.1) is 6.92 Å². The number of hydrogen-bond donors (Lipinski definition) is 2. The summed E-state index contributed by atoms with van der Waals surface area (Å²) in [4.78, 5) is 5.46. The first kappa shape index (κ1) is 10.6. The smallest absolute Gasteiger partial charge is 0.0897 e. The van der Waals surface area contributed by atoms with Crippen molar-refractivity contribution in [2.24, 2.45) is 5.84 Å². The Morgan fingerprint density at radius 3 is 2.92 bits per heavy atom. The van der Waals surface area contributed by atoms with E-state index in [4.69, 9.17) is 5.84 Å². The molecular formula is C9H17N3S. The van der Waals surface area contributed by atoms with Gasteiger partial charge in [-0.05, 0) is 13.3 Å². The summed E-state index contributed by atoms with van der Waals surface area (Å²) in [7, 11) is 0. The summed E-state index contributed by atoms with van der Waals surface area (Å²) in [5.74, 6) is 5.48. The molecule has 1 heterocycles. The van der Waals surface area contributed by atoms with E-state index in [0.29, 0.717) is 0 Å². The molecule has 4 heteroatoms. The molecule has 0 aromatic carbocycles. The third kappa shape index (κ3) is 3.06. The van der Waals surface area contributed by atoms with Gasteiger partial charge in [-0.25, -0.2) is 4.98 Å². The van der Waals surface area contributed by atoms with Crippen LogP contribution in [0.4, 0.5) is 0 Å². The van der Waals surface area contributed by atoms with E-state index in [2.05, 4.69) is 17.3 Å². The van der Waals surface area contributed by atoms with Gasteiger partial charge in [0.25, 0.3) is 0 Å². The quantitative estimate of drug-likeness (QED) is 0.564. The molecule has 3 nitrogen and oxygen atoms in total. The highest BCUT2D eigenvalue weighted by atomic mass is 32.1. The van der Waals surface area contributed by atoms with E-state index in [0.717, 1.165) is 11.4 Å². The van der Waals surface area contributed by atoms with E-state index in [1.165, 1.54) is 17.7 Å². The Labute approximate surface area is 83.3 Å². The normalized spacial score (nSPS) is 13.2. The van der Waals surface area contributed by atoms with Gasteiger partial charge in [0.05, 0.1) is 11.0 Å². The Morgan fingerprint density at radius 2 is 2.46 bits per heavy atom. The summed E-state index contributed by atoms with van der Waals surface area (Å²) in [5.41, 5.74) is 2.84. The lowest BCUT2D eigenvalue weighted by Gasteiger charge is -2.12. The summed E-state index contributed by atoms with van der Waals surface area (Å²) in [6.07, 6.45) is 5.41. The van der Waals surface area contributed by atoms with Crippen molar-refractivity contribution < 1.29 is 0 Å². The zero-order valence-corrected chi connectivity index (χ0v) is 9.03. The summed E-state index contributed by atoms with van der Waals surface area (Å²) in [5, 5.41) is 1.10. The third-order valence-electron chi connectivity index (χ3n) is 2.03. The molecule has 74 valence electrons. The molecule has 1 atom stereocenters. The first-order valence-electron chi connectivity index (χ1n) is 4.66. The standard InChI is InChI=1S/C9H17N3S/c1-3-4-5-8(12-10)9-6-11-7(2)13-9/h6,8,12H,3-5,10H2,1-2H3. The zero-order valence-electron chi connectivity index (χ0n) is 8.21. The molecule has 0 spiro atoms. The minimum atomic E-state index is 0.283. The fourth-order valence-corrected chi connectivity index (χ4v) is 2.13. The number of aryl methyl sites for hydroxylation is 1. The second-order valence-corrected chi connectivity index (χ2v) is 4.41. The van der Waals surface area contributed by atoms with E-state index in [-0.39, 0.29) is 6.04 Å². The molecule has 0 saturated heterocycles. The molecule has 0 fully saturated rings. The van der Waals surface area contributed by atoms with Crippen molar-refractivity contribution in [1.82, 2.24) is 10.4 Å². The van der Waals surface area contributed by atoms with Crippen LogP contribution in [0.25, 0.3) is 0 Å². The van der Waals surface area contributed by atoms with E-state index in [1.54, 1.807) is 11.3 Å². The summed E-state index contributed by atoms with van der Waals surface area (Å²) < 4.78 is 0. The number of thiazole rings is 1. The number of nitrogens with one attached hydrogen (secondary N) is 1. The fraction of sp³-hybridized carbons (Fsp3) is 0.667. The highest BCUT2D eigenvalue weighted by molar-refractivity contribution is 7.11. The number of hydrazine groups is 1. The summed E-state index contributed by atoms with van der Waals surface area (Å²) in [6.45, 7) is 4.20. The van der Waals surface area contributed by atoms with Gasteiger partial charge >= 0.3 is 0 Å². The number of aromatic nitrogens is 1. The molecule has 0 saturated carbocycles. The second kappa shape index (κ2) is 5.32. The van der Waals surface area contributed by atoms with Crippen LogP contribution in [0.5, 0.6) is 0 Å². The summed E-state index contributed by atoms with van der Waals surface area (Å²) >= 11 is 1.72. The number of nitrogens with zero attached hydrogens (tertiary/aromatic N) is 1. The zero-order chi connectivity index (χ0) is 9.68. The van der Waals surface area contributed by atoms with Gasteiger partial charge in [0.1, 0.15) is 0 Å². The van der Waals surface area contributed by atoms with Gasteiger partial charge in [0.2, 0.25) is 0 Å². The highest BCUT2D eigenvalue weighted by Gasteiger charge is 2.11. The highest BCUT2D eigenvalue weighted by Crippen LogP contribution is 2.23. The molecule has 0 aliphatic heterocycles. The van der Waals surface area contributed by atoms with E-state index >= 15 is 0 Å². The van der Waals surface area contributed by atoms with Crippen LogP contribution in [0.3, 0.4) is 0 Å². The molecule has 0 bridgehead atoms. The lowest BCUT2D eigenvalue weighted by molar-refractivity contribution is 0.501. The number of rotatable bonds is 5. The van der Waals surface area contributed by atoms with Crippen molar-refractivity contribution in [2.75, 3.05) is 0 Å². The van der Waals surface area contributed by atoms with Crippen LogP contribution in [-0.4, -0.2) is 4.98 Å². The van der Waals surface area contributed by atoms with Gasteiger partial charge < -0.3 is 0 Å². The minimum absolute atomic E-state index is 0.283. The maximum Gasteiger partial charge on any atom is 0.0897 e. The fourth-order valence-electron chi connectivity index (χ4n) is 1.25. The number of nitrogens with two attached hydrogens (primary N) is 1. The molecule has 1 unspecified atom stereocenters.